The van der Waals surface area contributed by atoms with Gasteiger partial charge in [0.2, 0.25) is 0 Å². The van der Waals surface area contributed by atoms with Crippen molar-refractivity contribution in [1.82, 2.24) is 20.2 Å². The summed E-state index contributed by atoms with van der Waals surface area (Å²) in [4.78, 5) is 29.6. The van der Waals surface area contributed by atoms with E-state index in [1.165, 1.54) is 12.1 Å². The van der Waals surface area contributed by atoms with Gasteiger partial charge in [0.15, 0.2) is 0 Å². The van der Waals surface area contributed by atoms with E-state index in [9.17, 15) is 14.0 Å². The van der Waals surface area contributed by atoms with E-state index < -0.39 is 14.2 Å². The van der Waals surface area contributed by atoms with Gasteiger partial charge in [-0.3, -0.25) is 9.78 Å². The van der Waals surface area contributed by atoms with Crippen molar-refractivity contribution in [2.75, 3.05) is 19.8 Å². The first-order valence-electron chi connectivity index (χ1n) is 15.8. The van der Waals surface area contributed by atoms with E-state index in [0.717, 1.165) is 35.7 Å². The Morgan fingerprint density at radius 1 is 1.02 bits per heavy atom. The fourth-order valence-corrected chi connectivity index (χ4v) is 6.69. The van der Waals surface area contributed by atoms with Crippen LogP contribution in [0.4, 0.5) is 9.18 Å². The molecule has 2 amide bonds. The molecule has 0 radical (unpaired) electrons. The fourth-order valence-electron chi connectivity index (χ4n) is 5.93. The Morgan fingerprint density at radius 2 is 1.73 bits per heavy atom. The average Bonchev–Trinajstić information content (AvgIpc) is 3.74. The number of rotatable bonds is 13. The molecule has 0 bridgehead atoms. The number of aromatic nitrogens is 2. The number of carbonyl (C=O) groups is 2. The van der Waals surface area contributed by atoms with Crippen LogP contribution in [0.25, 0.3) is 22.2 Å². The number of carboxylic acid groups (broad SMARTS) is 1. The maximum absolute atomic E-state index is 14.7. The third-order valence-electron chi connectivity index (χ3n) is 8.67. The lowest BCUT2D eigenvalue weighted by Gasteiger charge is -2.28. The molecule has 2 aliphatic rings. The van der Waals surface area contributed by atoms with Crippen LogP contribution in [0, 0.1) is 18.7 Å². The van der Waals surface area contributed by atoms with Gasteiger partial charge < -0.3 is 29.8 Å². The number of amides is 2. The molecule has 2 aliphatic carbocycles. The van der Waals surface area contributed by atoms with Gasteiger partial charge >= 0.3 is 6.09 Å². The molecule has 238 valence electrons. The molecular formula is C33H45FN4O5Si. The molecule has 2 fully saturated rings. The van der Waals surface area contributed by atoms with Crippen molar-refractivity contribution in [3.8, 4) is 16.9 Å². The number of hydrogen-bond donors (Lipinski definition) is 3. The Bertz CT molecular complexity index is 1490. The van der Waals surface area contributed by atoms with Gasteiger partial charge in [-0.05, 0) is 81.7 Å². The van der Waals surface area contributed by atoms with Crippen LogP contribution in [0.1, 0.15) is 54.6 Å². The van der Waals surface area contributed by atoms with Crippen LogP contribution in [0.3, 0.4) is 0 Å². The van der Waals surface area contributed by atoms with Gasteiger partial charge in [-0.25, -0.2) is 9.18 Å². The quantitative estimate of drug-likeness (QED) is 0.146. The normalized spacial score (nSPS) is 18.8. The molecule has 0 saturated heterocycles. The summed E-state index contributed by atoms with van der Waals surface area (Å²) in [5.74, 6) is 0.573. The van der Waals surface area contributed by atoms with Crippen molar-refractivity contribution < 1.29 is 28.6 Å². The summed E-state index contributed by atoms with van der Waals surface area (Å²) in [6.07, 6.45) is 5.63. The van der Waals surface area contributed by atoms with Crippen molar-refractivity contribution in [3.63, 3.8) is 0 Å². The SMILES string of the molecule is Cc1c(C(=O)N[C@H]2CC[C@@H](NC(=O)O)CC2)c2nccc(-c3cc(F)ccc3OCC3CC3)c2n1CCOCC[Si](C)(C)C. The van der Waals surface area contributed by atoms with Gasteiger partial charge in [-0.1, -0.05) is 19.6 Å². The fraction of sp³-hybridized carbons (Fsp3) is 0.545. The lowest BCUT2D eigenvalue weighted by molar-refractivity contribution is 0.0923. The van der Waals surface area contributed by atoms with Crippen LogP contribution < -0.4 is 15.4 Å². The smallest absolute Gasteiger partial charge is 0.404 e. The zero-order valence-electron chi connectivity index (χ0n) is 26.2. The van der Waals surface area contributed by atoms with Crippen LogP contribution in [0.2, 0.25) is 25.7 Å². The second-order valence-corrected chi connectivity index (χ2v) is 19.1. The van der Waals surface area contributed by atoms with Crippen LogP contribution in [0.15, 0.2) is 30.5 Å². The first kappa shape index (κ1) is 32.0. The third-order valence-corrected chi connectivity index (χ3v) is 10.4. The highest BCUT2D eigenvalue weighted by molar-refractivity contribution is 6.76. The first-order valence-corrected chi connectivity index (χ1v) is 19.5. The Balaban J connectivity index is 1.47. The van der Waals surface area contributed by atoms with Gasteiger partial charge in [-0.2, -0.15) is 0 Å². The third kappa shape index (κ3) is 7.98. The van der Waals surface area contributed by atoms with Gasteiger partial charge in [0.25, 0.3) is 5.91 Å². The predicted octanol–water partition coefficient (Wildman–Crippen LogP) is 6.60. The predicted molar refractivity (Wildman–Crippen MR) is 172 cm³/mol. The van der Waals surface area contributed by atoms with Gasteiger partial charge in [0.05, 0.1) is 24.3 Å². The lowest BCUT2D eigenvalue weighted by Crippen LogP contribution is -2.43. The van der Waals surface area contributed by atoms with E-state index in [1.807, 2.05) is 13.0 Å². The number of fused-ring (bicyclic) bond motifs is 1. The maximum atomic E-state index is 14.7. The molecule has 2 heterocycles. The summed E-state index contributed by atoms with van der Waals surface area (Å²) in [6, 6.07) is 7.36. The summed E-state index contributed by atoms with van der Waals surface area (Å²) in [6.45, 7) is 11.1. The molecule has 9 nitrogen and oxygen atoms in total. The highest BCUT2D eigenvalue weighted by Crippen LogP contribution is 2.39. The minimum Gasteiger partial charge on any atom is -0.493 e. The van der Waals surface area contributed by atoms with Crippen LogP contribution in [0.5, 0.6) is 5.75 Å². The van der Waals surface area contributed by atoms with E-state index in [0.29, 0.717) is 80.4 Å². The molecule has 3 aromatic rings. The standard InChI is InChI=1S/C33H45FN4O5Si/c1-21-29(32(39)36-24-8-10-25(11-9-24)37-33(40)41)30-31(38(21)15-16-42-17-18-44(2,3)4)26(13-14-35-30)27-19-23(34)7-12-28(27)43-20-22-5-6-22/h7,12-14,19,22,24-25,37H,5-6,8-11,15-18,20H2,1-4H3,(H,36,39)(H,40,41)/t24-,25+. The monoisotopic (exact) mass is 624 g/mol. The highest BCUT2D eigenvalue weighted by atomic mass is 28.3. The Labute approximate surface area is 259 Å². The summed E-state index contributed by atoms with van der Waals surface area (Å²) < 4.78 is 29.0. The molecule has 44 heavy (non-hydrogen) atoms. The summed E-state index contributed by atoms with van der Waals surface area (Å²) >= 11 is 0. The van der Waals surface area contributed by atoms with Gasteiger partial charge in [0, 0.05) is 56.3 Å². The van der Waals surface area contributed by atoms with E-state index >= 15 is 0 Å². The van der Waals surface area contributed by atoms with Crippen molar-refractivity contribution in [3.05, 3.63) is 47.5 Å². The molecule has 0 spiro atoms. The number of halogens is 1. The average molecular weight is 625 g/mol. The Morgan fingerprint density at radius 3 is 2.39 bits per heavy atom. The zero-order chi connectivity index (χ0) is 31.4. The van der Waals surface area contributed by atoms with Crippen molar-refractivity contribution in [2.24, 2.45) is 5.92 Å². The van der Waals surface area contributed by atoms with Crippen molar-refractivity contribution >= 4 is 31.1 Å². The van der Waals surface area contributed by atoms with Gasteiger partial charge in [-0.15, -0.1) is 0 Å². The van der Waals surface area contributed by atoms with E-state index in [4.69, 9.17) is 19.6 Å². The molecule has 0 atom stereocenters. The van der Waals surface area contributed by atoms with Crippen molar-refractivity contribution in [2.45, 2.75) is 89.8 Å². The molecule has 0 unspecified atom stereocenters. The highest BCUT2D eigenvalue weighted by Gasteiger charge is 2.29. The Kier molecular flexibility index (Phi) is 9.94. The van der Waals surface area contributed by atoms with Crippen LogP contribution >= 0.6 is 0 Å². The minimum atomic E-state index is -1.24. The first-order chi connectivity index (χ1) is 21.0. The maximum Gasteiger partial charge on any atom is 0.404 e. The molecule has 3 N–H and O–H groups in total. The lowest BCUT2D eigenvalue weighted by atomic mass is 9.91. The Hall–Kier alpha value is -3.44. The number of nitrogens with zero attached hydrogens (tertiary/aromatic N) is 2. The second kappa shape index (κ2) is 13.7. The van der Waals surface area contributed by atoms with Crippen LogP contribution in [-0.4, -0.2) is 66.6 Å². The van der Waals surface area contributed by atoms with Crippen LogP contribution in [-0.2, 0) is 11.3 Å². The van der Waals surface area contributed by atoms with E-state index in [-0.39, 0.29) is 23.8 Å². The largest absolute Gasteiger partial charge is 0.493 e. The summed E-state index contributed by atoms with van der Waals surface area (Å²) in [5.41, 5.74) is 3.95. The number of hydrogen-bond acceptors (Lipinski definition) is 5. The molecule has 2 aromatic heterocycles. The number of benzene rings is 1. The second-order valence-electron chi connectivity index (χ2n) is 13.5. The number of nitrogens with one attached hydrogen (secondary N) is 2. The molecule has 0 aliphatic heterocycles. The molecule has 1 aromatic carbocycles. The van der Waals surface area contributed by atoms with Crippen molar-refractivity contribution in [1.29, 1.82) is 0 Å². The van der Waals surface area contributed by atoms with E-state index in [2.05, 4.69) is 34.8 Å². The molecular weight excluding hydrogens is 579 g/mol. The number of pyridine rings is 1. The van der Waals surface area contributed by atoms with Gasteiger partial charge in [0.1, 0.15) is 17.1 Å². The number of carbonyl (C=O) groups excluding carboxylic acids is 1. The summed E-state index contributed by atoms with van der Waals surface area (Å²) in [5, 5.41) is 14.8. The number of ether oxygens (including phenoxy) is 2. The van der Waals surface area contributed by atoms with E-state index in [1.54, 1.807) is 12.3 Å². The molecule has 11 heteroatoms. The molecule has 5 rings (SSSR count). The topological polar surface area (TPSA) is 115 Å². The molecule has 2 saturated carbocycles. The minimum absolute atomic E-state index is 0.0640. The zero-order valence-corrected chi connectivity index (χ0v) is 27.2. The summed E-state index contributed by atoms with van der Waals surface area (Å²) in [7, 11) is -1.24.